The molecular weight excluding hydrogens is 296 g/mol. The molecule has 1 saturated heterocycles. The van der Waals surface area contributed by atoms with Gasteiger partial charge in [-0.3, -0.25) is 9.59 Å². The molecule has 7 nitrogen and oxygen atoms in total. The lowest BCUT2D eigenvalue weighted by Gasteiger charge is -2.23. The van der Waals surface area contributed by atoms with E-state index in [1.54, 1.807) is 24.3 Å². The Kier molecular flexibility index (Phi) is 6.54. The van der Waals surface area contributed by atoms with Crippen molar-refractivity contribution in [3.8, 4) is 6.07 Å². The molecule has 2 rings (SSSR count). The van der Waals surface area contributed by atoms with Crippen molar-refractivity contribution in [1.29, 1.82) is 5.26 Å². The third-order valence-corrected chi connectivity index (χ3v) is 3.69. The summed E-state index contributed by atoms with van der Waals surface area (Å²) in [5.41, 5.74) is 0.664. The fourth-order valence-electron chi connectivity index (χ4n) is 2.40. The predicted octanol–water partition coefficient (Wildman–Crippen LogP) is -1.08. The number of anilines is 1. The van der Waals surface area contributed by atoms with Crippen LogP contribution >= 0.6 is 0 Å². The second-order valence-electron chi connectivity index (χ2n) is 5.33. The molecule has 0 saturated carbocycles. The molecule has 122 valence electrons. The van der Waals surface area contributed by atoms with Gasteiger partial charge in [0.25, 0.3) is 0 Å². The topological polar surface area (TPSA) is 95.7 Å². The molecule has 0 unspecified atom stereocenters. The van der Waals surface area contributed by atoms with E-state index < -0.39 is 11.8 Å². The Morgan fingerprint density at radius 2 is 1.96 bits per heavy atom. The van der Waals surface area contributed by atoms with Gasteiger partial charge in [-0.2, -0.15) is 5.26 Å². The van der Waals surface area contributed by atoms with Crippen molar-refractivity contribution in [3.05, 3.63) is 29.8 Å². The van der Waals surface area contributed by atoms with Gasteiger partial charge in [-0.05, 0) is 12.1 Å². The molecule has 7 heteroatoms. The van der Waals surface area contributed by atoms with E-state index in [2.05, 4.69) is 10.6 Å². The maximum Gasteiger partial charge on any atom is 0.313 e. The van der Waals surface area contributed by atoms with Crippen molar-refractivity contribution in [1.82, 2.24) is 5.32 Å². The van der Waals surface area contributed by atoms with Crippen LogP contribution in [0.2, 0.25) is 0 Å². The largest absolute Gasteiger partial charge is 0.370 e. The molecule has 1 aromatic rings. The lowest BCUT2D eigenvalue weighted by molar-refractivity contribution is -0.908. The average molecular weight is 317 g/mol. The van der Waals surface area contributed by atoms with Gasteiger partial charge in [-0.25, -0.2) is 0 Å². The van der Waals surface area contributed by atoms with Gasteiger partial charge in [-0.1, -0.05) is 12.1 Å². The summed E-state index contributed by atoms with van der Waals surface area (Å²) < 4.78 is 5.28. The summed E-state index contributed by atoms with van der Waals surface area (Å²) in [6.45, 7) is 4.93. The normalized spacial score (nSPS) is 14.7. The van der Waals surface area contributed by atoms with E-state index in [1.807, 2.05) is 6.07 Å². The summed E-state index contributed by atoms with van der Waals surface area (Å²) in [5, 5.41) is 14.0. The first-order valence-corrected chi connectivity index (χ1v) is 7.70. The number of nitrogens with one attached hydrogen (secondary N) is 3. The van der Waals surface area contributed by atoms with Crippen LogP contribution in [0.5, 0.6) is 0 Å². The molecule has 1 aromatic carbocycles. The zero-order chi connectivity index (χ0) is 16.5. The van der Waals surface area contributed by atoms with Gasteiger partial charge in [-0.15, -0.1) is 0 Å². The lowest BCUT2D eigenvalue weighted by atomic mass is 10.2. The Hall–Kier alpha value is -2.43. The Morgan fingerprint density at radius 1 is 1.22 bits per heavy atom. The molecule has 0 aromatic heterocycles. The average Bonchev–Trinajstić information content (AvgIpc) is 2.60. The minimum atomic E-state index is -0.758. The van der Waals surface area contributed by atoms with Crippen LogP contribution < -0.4 is 15.5 Å². The number of ether oxygens (including phenoxy) is 1. The standard InChI is InChI=1S/C16H20N4O3/c17-12-13-4-1-2-5-14(13)19-16(22)15(21)18-6-3-7-20-8-10-23-11-9-20/h1-2,4-5H,3,6-11H2,(H,18,21)(H,19,22)/p+1. The number of amides is 2. The van der Waals surface area contributed by atoms with Crippen molar-refractivity contribution in [3.63, 3.8) is 0 Å². The van der Waals surface area contributed by atoms with E-state index in [1.165, 1.54) is 4.90 Å². The highest BCUT2D eigenvalue weighted by Crippen LogP contribution is 2.12. The second-order valence-corrected chi connectivity index (χ2v) is 5.33. The van der Waals surface area contributed by atoms with Gasteiger partial charge in [0.05, 0.1) is 31.0 Å². The zero-order valence-electron chi connectivity index (χ0n) is 12.9. The number of benzene rings is 1. The van der Waals surface area contributed by atoms with Gasteiger partial charge in [0.2, 0.25) is 0 Å². The molecule has 0 atom stereocenters. The van der Waals surface area contributed by atoms with Gasteiger partial charge >= 0.3 is 11.8 Å². The van der Waals surface area contributed by atoms with Crippen molar-refractivity contribution in [2.45, 2.75) is 6.42 Å². The van der Waals surface area contributed by atoms with Crippen LogP contribution in [0.4, 0.5) is 5.69 Å². The van der Waals surface area contributed by atoms with Gasteiger partial charge < -0.3 is 20.3 Å². The Morgan fingerprint density at radius 3 is 2.70 bits per heavy atom. The predicted molar refractivity (Wildman–Crippen MR) is 83.8 cm³/mol. The van der Waals surface area contributed by atoms with Crippen LogP contribution in [-0.4, -0.2) is 51.2 Å². The minimum Gasteiger partial charge on any atom is -0.370 e. The second kappa shape index (κ2) is 8.88. The number of hydrogen-bond donors (Lipinski definition) is 3. The summed E-state index contributed by atoms with van der Waals surface area (Å²) in [4.78, 5) is 25.0. The van der Waals surface area contributed by atoms with E-state index in [4.69, 9.17) is 10.00 Å². The number of carbonyl (C=O) groups excluding carboxylic acids is 2. The third kappa shape index (κ3) is 5.36. The summed E-state index contributed by atoms with van der Waals surface area (Å²) in [7, 11) is 0. The van der Waals surface area contributed by atoms with Crippen LogP contribution in [0.3, 0.4) is 0 Å². The molecule has 2 amide bonds. The third-order valence-electron chi connectivity index (χ3n) is 3.69. The fourth-order valence-corrected chi connectivity index (χ4v) is 2.40. The van der Waals surface area contributed by atoms with Gasteiger partial charge in [0.1, 0.15) is 19.2 Å². The highest BCUT2D eigenvalue weighted by atomic mass is 16.5. The zero-order valence-corrected chi connectivity index (χ0v) is 12.9. The molecule has 0 spiro atoms. The Balaban J connectivity index is 1.70. The van der Waals surface area contributed by atoms with Crippen LogP contribution in [-0.2, 0) is 14.3 Å². The van der Waals surface area contributed by atoms with Crippen LogP contribution in [0.1, 0.15) is 12.0 Å². The van der Waals surface area contributed by atoms with E-state index in [0.29, 0.717) is 17.8 Å². The van der Waals surface area contributed by atoms with Gasteiger partial charge in [0, 0.05) is 13.0 Å². The van der Waals surface area contributed by atoms with Crippen molar-refractivity contribution in [2.75, 3.05) is 44.7 Å². The monoisotopic (exact) mass is 317 g/mol. The molecule has 1 fully saturated rings. The fraction of sp³-hybridized carbons (Fsp3) is 0.438. The summed E-state index contributed by atoms with van der Waals surface area (Å²) >= 11 is 0. The number of hydrogen-bond acceptors (Lipinski definition) is 4. The number of nitriles is 1. The van der Waals surface area contributed by atoms with E-state index >= 15 is 0 Å². The van der Waals surface area contributed by atoms with Crippen LogP contribution in [0.25, 0.3) is 0 Å². The number of nitrogens with zero attached hydrogens (tertiary/aromatic N) is 1. The van der Waals surface area contributed by atoms with E-state index in [-0.39, 0.29) is 0 Å². The molecule has 23 heavy (non-hydrogen) atoms. The molecule has 0 bridgehead atoms. The maximum absolute atomic E-state index is 11.8. The van der Waals surface area contributed by atoms with Crippen molar-refractivity contribution in [2.24, 2.45) is 0 Å². The lowest BCUT2D eigenvalue weighted by Crippen LogP contribution is -3.14. The first-order chi connectivity index (χ1) is 11.2. The van der Waals surface area contributed by atoms with Crippen molar-refractivity contribution < 1.29 is 19.2 Å². The Labute approximate surface area is 135 Å². The SMILES string of the molecule is N#Cc1ccccc1NC(=O)C(=O)NCCC[NH+]1CCOCC1. The maximum atomic E-state index is 11.8. The minimum absolute atomic E-state index is 0.324. The van der Waals surface area contributed by atoms with E-state index in [0.717, 1.165) is 39.3 Å². The van der Waals surface area contributed by atoms with Crippen molar-refractivity contribution >= 4 is 17.5 Å². The molecule has 1 aliphatic rings. The quantitative estimate of drug-likeness (QED) is 0.475. The highest BCUT2D eigenvalue weighted by Gasteiger charge is 2.16. The number of rotatable bonds is 5. The van der Waals surface area contributed by atoms with Crippen LogP contribution in [0.15, 0.2) is 24.3 Å². The summed E-state index contributed by atoms with van der Waals surface area (Å²) in [6.07, 6.45) is 0.809. The number of carbonyl (C=O) groups is 2. The molecule has 3 N–H and O–H groups in total. The van der Waals surface area contributed by atoms with Gasteiger partial charge in [0.15, 0.2) is 0 Å². The smallest absolute Gasteiger partial charge is 0.313 e. The molecule has 0 aliphatic carbocycles. The molecule has 1 heterocycles. The first kappa shape index (κ1) is 16.9. The van der Waals surface area contributed by atoms with E-state index in [9.17, 15) is 9.59 Å². The van der Waals surface area contributed by atoms with Crippen LogP contribution in [0, 0.1) is 11.3 Å². The molecule has 0 radical (unpaired) electrons. The number of quaternary nitrogens is 1. The highest BCUT2D eigenvalue weighted by molar-refractivity contribution is 6.39. The first-order valence-electron chi connectivity index (χ1n) is 7.70. The summed E-state index contributed by atoms with van der Waals surface area (Å²) in [5.74, 6) is -1.44. The Bertz CT molecular complexity index is 591. The molecule has 1 aliphatic heterocycles. The molecular formula is C16H21N4O3+. The number of para-hydroxylation sites is 1. The number of morpholine rings is 1. The summed E-state index contributed by atoms with van der Waals surface area (Å²) in [6, 6.07) is 8.53.